The summed E-state index contributed by atoms with van der Waals surface area (Å²) in [7, 11) is 1.51. The molecular weight excluding hydrogens is 532 g/mol. The van der Waals surface area contributed by atoms with Gasteiger partial charge < -0.3 is 9.47 Å². The number of aryl methyl sites for hydroxylation is 1. The Morgan fingerprint density at radius 3 is 2.77 bits per heavy atom. The van der Waals surface area contributed by atoms with Crippen molar-refractivity contribution in [3.8, 4) is 17.6 Å². The van der Waals surface area contributed by atoms with Gasteiger partial charge in [-0.2, -0.15) is 15.0 Å². The first-order valence-electron chi connectivity index (χ1n) is 10.7. The molecule has 0 unspecified atom stereocenters. The van der Waals surface area contributed by atoms with E-state index in [-0.39, 0.29) is 12.2 Å². The van der Waals surface area contributed by atoms with Crippen LogP contribution in [0.3, 0.4) is 0 Å². The summed E-state index contributed by atoms with van der Waals surface area (Å²) in [4.78, 5) is 17.7. The Morgan fingerprint density at radius 1 is 1.23 bits per heavy atom. The van der Waals surface area contributed by atoms with Crippen LogP contribution in [-0.4, -0.2) is 23.0 Å². The van der Waals surface area contributed by atoms with E-state index in [1.165, 1.54) is 18.0 Å². The summed E-state index contributed by atoms with van der Waals surface area (Å²) in [6, 6.07) is 18.1. The van der Waals surface area contributed by atoms with Crippen LogP contribution in [0.4, 0.5) is 0 Å². The largest absolute Gasteiger partial charge is 0.493 e. The van der Waals surface area contributed by atoms with Crippen LogP contribution >= 0.6 is 27.5 Å². The molecule has 1 aromatic heterocycles. The van der Waals surface area contributed by atoms with Crippen molar-refractivity contribution in [1.82, 2.24) is 9.66 Å². The predicted octanol–water partition coefficient (Wildman–Crippen LogP) is 5.72. The maximum Gasteiger partial charge on any atom is 0.282 e. The molecule has 0 aliphatic rings. The molecule has 3 aromatic carbocycles. The van der Waals surface area contributed by atoms with Crippen molar-refractivity contribution in [2.75, 3.05) is 7.11 Å². The highest BCUT2D eigenvalue weighted by Crippen LogP contribution is 2.36. The molecule has 176 valence electrons. The van der Waals surface area contributed by atoms with Crippen molar-refractivity contribution in [2.45, 2.75) is 20.0 Å². The first-order valence-corrected chi connectivity index (χ1v) is 11.9. The molecule has 9 heteroatoms. The van der Waals surface area contributed by atoms with Crippen molar-refractivity contribution in [3.63, 3.8) is 0 Å². The monoisotopic (exact) mass is 550 g/mol. The van der Waals surface area contributed by atoms with E-state index in [4.69, 9.17) is 21.1 Å². The van der Waals surface area contributed by atoms with Crippen LogP contribution in [0.25, 0.3) is 10.9 Å². The molecule has 0 spiro atoms. The fourth-order valence-electron chi connectivity index (χ4n) is 3.53. The molecule has 1 heterocycles. The van der Waals surface area contributed by atoms with Crippen LogP contribution in [0.5, 0.6) is 11.5 Å². The first-order chi connectivity index (χ1) is 16.9. The van der Waals surface area contributed by atoms with Crippen molar-refractivity contribution < 1.29 is 9.47 Å². The Morgan fingerprint density at radius 2 is 2.03 bits per heavy atom. The van der Waals surface area contributed by atoms with Gasteiger partial charge in [0.25, 0.3) is 5.56 Å². The van der Waals surface area contributed by atoms with Crippen LogP contribution < -0.4 is 15.0 Å². The molecule has 0 atom stereocenters. The normalized spacial score (nSPS) is 11.1. The Bertz CT molecular complexity index is 1540. The van der Waals surface area contributed by atoms with Gasteiger partial charge in [-0.1, -0.05) is 52.7 Å². The molecule has 0 radical (unpaired) electrons. The average molecular weight is 552 g/mol. The van der Waals surface area contributed by atoms with E-state index in [1.54, 1.807) is 36.4 Å². The fourth-order valence-corrected chi connectivity index (χ4v) is 4.16. The number of rotatable bonds is 7. The number of methoxy groups -OCH3 is 1. The molecule has 0 aliphatic heterocycles. The average Bonchev–Trinajstić information content (AvgIpc) is 2.87. The van der Waals surface area contributed by atoms with E-state index in [0.717, 1.165) is 10.0 Å². The second-order valence-electron chi connectivity index (χ2n) is 7.50. The maximum atomic E-state index is 13.1. The van der Waals surface area contributed by atoms with Gasteiger partial charge >= 0.3 is 0 Å². The maximum absolute atomic E-state index is 13.1. The van der Waals surface area contributed by atoms with Gasteiger partial charge in [-0.15, -0.1) is 0 Å². The lowest BCUT2D eigenvalue weighted by Gasteiger charge is -2.14. The van der Waals surface area contributed by atoms with Gasteiger partial charge in [0.05, 0.1) is 40.9 Å². The lowest BCUT2D eigenvalue weighted by Crippen LogP contribution is -2.22. The lowest BCUT2D eigenvalue weighted by molar-refractivity contribution is 0.284. The Kier molecular flexibility index (Phi) is 7.49. The van der Waals surface area contributed by atoms with Gasteiger partial charge in [0.2, 0.25) is 0 Å². The third-order valence-corrected chi connectivity index (χ3v) is 6.05. The highest BCUT2D eigenvalue weighted by Gasteiger charge is 2.14. The zero-order valence-corrected chi connectivity index (χ0v) is 21.3. The number of halogens is 2. The van der Waals surface area contributed by atoms with E-state index in [1.807, 2.05) is 25.1 Å². The van der Waals surface area contributed by atoms with Gasteiger partial charge in [-0.25, -0.2) is 4.98 Å². The van der Waals surface area contributed by atoms with Gasteiger partial charge in [-0.3, -0.25) is 4.79 Å². The number of fused-ring (bicyclic) bond motifs is 1. The van der Waals surface area contributed by atoms with Crippen LogP contribution in [0.2, 0.25) is 5.02 Å². The van der Waals surface area contributed by atoms with Gasteiger partial charge in [0.1, 0.15) is 12.4 Å². The third-order valence-electron chi connectivity index (χ3n) is 5.28. The highest BCUT2D eigenvalue weighted by atomic mass is 79.9. The number of nitriles is 1. The molecular formula is C26H20BrClN4O3. The molecule has 35 heavy (non-hydrogen) atoms. The summed E-state index contributed by atoms with van der Waals surface area (Å²) >= 11 is 9.90. The number of benzene rings is 3. The summed E-state index contributed by atoms with van der Waals surface area (Å²) in [5.41, 5.74) is 2.23. The van der Waals surface area contributed by atoms with E-state index in [9.17, 15) is 10.1 Å². The topological polar surface area (TPSA) is 89.5 Å². The minimum Gasteiger partial charge on any atom is -0.493 e. The van der Waals surface area contributed by atoms with Crippen molar-refractivity contribution in [2.24, 2.45) is 5.10 Å². The van der Waals surface area contributed by atoms with Crippen molar-refractivity contribution >= 4 is 44.6 Å². The smallest absolute Gasteiger partial charge is 0.282 e. The standard InChI is InChI=1S/C26H20BrClN4O3/c1-3-24-31-22-9-8-19(27)12-20(22)26(33)32(24)30-14-16-10-21(28)25(23(11-16)34-2)35-15-18-7-5-4-6-17(18)13-29/h4-12,14H,3,15H2,1-2H3. The molecule has 4 rings (SSSR count). The number of ether oxygens (including phenoxy) is 2. The highest BCUT2D eigenvalue weighted by molar-refractivity contribution is 9.10. The zero-order chi connectivity index (χ0) is 24.9. The fraction of sp³-hybridized carbons (Fsp3) is 0.154. The molecule has 0 amide bonds. The van der Waals surface area contributed by atoms with Gasteiger partial charge in [0, 0.05) is 16.5 Å². The molecule has 7 nitrogen and oxygen atoms in total. The Balaban J connectivity index is 1.67. The van der Waals surface area contributed by atoms with Crippen LogP contribution in [-0.2, 0) is 13.0 Å². The van der Waals surface area contributed by atoms with Crippen LogP contribution in [0.1, 0.15) is 29.4 Å². The molecule has 0 saturated heterocycles. The Hall–Kier alpha value is -3.67. The summed E-state index contributed by atoms with van der Waals surface area (Å²) < 4.78 is 13.5. The summed E-state index contributed by atoms with van der Waals surface area (Å²) in [6.07, 6.45) is 2.05. The SMILES string of the molecule is CCc1nc2ccc(Br)cc2c(=O)n1N=Cc1cc(Cl)c(OCc2ccccc2C#N)c(OC)c1. The third kappa shape index (κ3) is 5.21. The predicted molar refractivity (Wildman–Crippen MR) is 140 cm³/mol. The minimum absolute atomic E-state index is 0.154. The van der Waals surface area contributed by atoms with E-state index >= 15 is 0 Å². The van der Waals surface area contributed by atoms with Gasteiger partial charge in [-0.05, 0) is 42.0 Å². The first kappa shape index (κ1) is 24.5. The summed E-state index contributed by atoms with van der Waals surface area (Å²) in [5.74, 6) is 1.29. The van der Waals surface area contributed by atoms with Crippen molar-refractivity contribution in [3.05, 3.63) is 97.0 Å². The number of nitrogens with zero attached hydrogens (tertiary/aromatic N) is 4. The second-order valence-corrected chi connectivity index (χ2v) is 8.82. The number of hydrogen-bond donors (Lipinski definition) is 0. The number of aromatic nitrogens is 2. The summed E-state index contributed by atoms with van der Waals surface area (Å²) in [6.45, 7) is 2.07. The quantitative estimate of drug-likeness (QED) is 0.274. The second kappa shape index (κ2) is 10.7. The number of hydrogen-bond acceptors (Lipinski definition) is 6. The van der Waals surface area contributed by atoms with Gasteiger partial charge in [0.15, 0.2) is 11.5 Å². The zero-order valence-electron chi connectivity index (χ0n) is 19.0. The molecule has 0 bridgehead atoms. The summed E-state index contributed by atoms with van der Waals surface area (Å²) in [5, 5.41) is 14.5. The van der Waals surface area contributed by atoms with E-state index < -0.39 is 0 Å². The molecule has 0 fully saturated rings. The van der Waals surface area contributed by atoms with Crippen LogP contribution in [0.15, 0.2) is 69.0 Å². The molecule has 0 aliphatic carbocycles. The van der Waals surface area contributed by atoms with Crippen LogP contribution in [0, 0.1) is 11.3 Å². The lowest BCUT2D eigenvalue weighted by atomic mass is 10.1. The Labute approximate surface area is 215 Å². The molecule has 0 N–H and O–H groups in total. The minimum atomic E-state index is -0.265. The molecule has 4 aromatic rings. The van der Waals surface area contributed by atoms with Crippen molar-refractivity contribution in [1.29, 1.82) is 5.26 Å². The van der Waals surface area contributed by atoms with E-state index in [2.05, 4.69) is 32.1 Å². The van der Waals surface area contributed by atoms with E-state index in [0.29, 0.717) is 50.8 Å². The molecule has 0 saturated carbocycles.